The second kappa shape index (κ2) is 6.66. The standard InChI is InChI=1S/C15H23N3O3S/c1-3-11(2)14(16)15(19)17-12-6-4-7-13(10-12)18-8-5-9-22(18,20)21/h4,6-7,10-11,14H,3,5,8-9,16H2,1-2H3,(H,17,19)/t11?,14-/m0/s1. The Balaban J connectivity index is 2.14. The summed E-state index contributed by atoms with van der Waals surface area (Å²) in [5.41, 5.74) is 7.04. The van der Waals surface area contributed by atoms with Crippen molar-refractivity contribution in [2.45, 2.75) is 32.7 Å². The van der Waals surface area contributed by atoms with E-state index in [2.05, 4.69) is 5.32 Å². The summed E-state index contributed by atoms with van der Waals surface area (Å²) in [5, 5.41) is 2.76. The second-order valence-electron chi connectivity index (χ2n) is 5.69. The summed E-state index contributed by atoms with van der Waals surface area (Å²) in [4.78, 5) is 12.1. The Morgan fingerprint density at radius 1 is 1.45 bits per heavy atom. The van der Waals surface area contributed by atoms with Crippen LogP contribution in [0.5, 0.6) is 0 Å². The lowest BCUT2D eigenvalue weighted by atomic mass is 9.99. The first-order chi connectivity index (χ1) is 10.3. The third-order valence-corrected chi connectivity index (χ3v) is 5.93. The Bertz CT molecular complexity index is 645. The molecule has 2 rings (SSSR count). The van der Waals surface area contributed by atoms with Gasteiger partial charge in [0.25, 0.3) is 0 Å². The fraction of sp³-hybridized carbons (Fsp3) is 0.533. The van der Waals surface area contributed by atoms with Crippen molar-refractivity contribution in [1.29, 1.82) is 0 Å². The smallest absolute Gasteiger partial charge is 0.241 e. The Hall–Kier alpha value is -1.60. The number of nitrogens with two attached hydrogens (primary N) is 1. The molecule has 2 atom stereocenters. The molecule has 1 amide bonds. The highest BCUT2D eigenvalue weighted by atomic mass is 32.2. The van der Waals surface area contributed by atoms with Gasteiger partial charge in [0, 0.05) is 12.2 Å². The summed E-state index contributed by atoms with van der Waals surface area (Å²) >= 11 is 0. The number of benzene rings is 1. The van der Waals surface area contributed by atoms with Crippen molar-refractivity contribution in [2.24, 2.45) is 11.7 Å². The number of anilines is 2. The van der Waals surface area contributed by atoms with Crippen molar-refractivity contribution >= 4 is 27.3 Å². The van der Waals surface area contributed by atoms with Gasteiger partial charge in [-0.2, -0.15) is 0 Å². The number of carbonyl (C=O) groups excluding carboxylic acids is 1. The molecule has 1 aromatic rings. The van der Waals surface area contributed by atoms with E-state index in [0.717, 1.165) is 6.42 Å². The monoisotopic (exact) mass is 325 g/mol. The van der Waals surface area contributed by atoms with Crippen molar-refractivity contribution in [3.8, 4) is 0 Å². The minimum absolute atomic E-state index is 0.0853. The molecule has 1 aliphatic heterocycles. The van der Waals surface area contributed by atoms with E-state index in [9.17, 15) is 13.2 Å². The number of hydrogen-bond donors (Lipinski definition) is 2. The molecule has 0 radical (unpaired) electrons. The first-order valence-electron chi connectivity index (χ1n) is 7.52. The first-order valence-corrected chi connectivity index (χ1v) is 9.13. The van der Waals surface area contributed by atoms with Gasteiger partial charge in [-0.15, -0.1) is 0 Å². The van der Waals surface area contributed by atoms with Gasteiger partial charge in [0.15, 0.2) is 0 Å². The molecule has 0 bridgehead atoms. The maximum Gasteiger partial charge on any atom is 0.241 e. The van der Waals surface area contributed by atoms with Crippen LogP contribution in [0, 0.1) is 5.92 Å². The molecule has 1 saturated heterocycles. The van der Waals surface area contributed by atoms with Gasteiger partial charge in [0.2, 0.25) is 15.9 Å². The summed E-state index contributed by atoms with van der Waals surface area (Å²) in [7, 11) is -3.22. The van der Waals surface area contributed by atoms with Crippen LogP contribution in [0.2, 0.25) is 0 Å². The highest BCUT2D eigenvalue weighted by Crippen LogP contribution is 2.26. The van der Waals surface area contributed by atoms with Crippen molar-refractivity contribution < 1.29 is 13.2 Å². The molecule has 1 heterocycles. The molecule has 0 aliphatic carbocycles. The Morgan fingerprint density at radius 2 is 2.18 bits per heavy atom. The highest BCUT2D eigenvalue weighted by Gasteiger charge is 2.28. The van der Waals surface area contributed by atoms with Crippen LogP contribution in [0.15, 0.2) is 24.3 Å². The Kier molecular flexibility index (Phi) is 5.08. The predicted octanol–water partition coefficient (Wildman–Crippen LogP) is 1.54. The van der Waals surface area contributed by atoms with Gasteiger partial charge in [-0.25, -0.2) is 8.42 Å². The van der Waals surface area contributed by atoms with Crippen molar-refractivity contribution in [3.05, 3.63) is 24.3 Å². The van der Waals surface area contributed by atoms with E-state index in [4.69, 9.17) is 5.73 Å². The lowest BCUT2D eigenvalue weighted by Crippen LogP contribution is -2.40. The average Bonchev–Trinajstić information content (AvgIpc) is 2.85. The van der Waals surface area contributed by atoms with Gasteiger partial charge in [0.1, 0.15) is 0 Å². The topological polar surface area (TPSA) is 92.5 Å². The lowest BCUT2D eigenvalue weighted by Gasteiger charge is -2.20. The van der Waals surface area contributed by atoms with E-state index in [-0.39, 0.29) is 17.6 Å². The normalized spacial score (nSPS) is 19.7. The van der Waals surface area contributed by atoms with Gasteiger partial charge in [0.05, 0.1) is 17.5 Å². The predicted molar refractivity (Wildman–Crippen MR) is 88.3 cm³/mol. The fourth-order valence-electron chi connectivity index (χ4n) is 2.41. The van der Waals surface area contributed by atoms with E-state index in [1.807, 2.05) is 13.8 Å². The van der Waals surface area contributed by atoms with E-state index in [1.54, 1.807) is 24.3 Å². The Morgan fingerprint density at radius 3 is 2.77 bits per heavy atom. The summed E-state index contributed by atoms with van der Waals surface area (Å²) < 4.78 is 25.3. The highest BCUT2D eigenvalue weighted by molar-refractivity contribution is 7.93. The van der Waals surface area contributed by atoms with Crippen LogP contribution in [-0.4, -0.2) is 32.7 Å². The van der Waals surface area contributed by atoms with Crippen molar-refractivity contribution in [1.82, 2.24) is 0 Å². The minimum Gasteiger partial charge on any atom is -0.325 e. The zero-order chi connectivity index (χ0) is 16.3. The van der Waals surface area contributed by atoms with Crippen LogP contribution in [0.1, 0.15) is 26.7 Å². The van der Waals surface area contributed by atoms with Gasteiger partial charge < -0.3 is 11.1 Å². The molecule has 1 aromatic carbocycles. The molecule has 22 heavy (non-hydrogen) atoms. The fourth-order valence-corrected chi connectivity index (χ4v) is 3.96. The Labute approximate surface area is 131 Å². The molecule has 1 unspecified atom stereocenters. The molecule has 1 aliphatic rings. The van der Waals surface area contributed by atoms with E-state index < -0.39 is 16.1 Å². The van der Waals surface area contributed by atoms with Crippen LogP contribution in [0.25, 0.3) is 0 Å². The van der Waals surface area contributed by atoms with Gasteiger partial charge in [-0.1, -0.05) is 26.3 Å². The maximum atomic E-state index is 12.1. The molecule has 7 heteroatoms. The lowest BCUT2D eigenvalue weighted by molar-refractivity contribution is -0.118. The van der Waals surface area contributed by atoms with E-state index >= 15 is 0 Å². The number of hydrogen-bond acceptors (Lipinski definition) is 4. The number of sulfonamides is 1. The zero-order valence-electron chi connectivity index (χ0n) is 13.0. The molecule has 1 fully saturated rings. The third kappa shape index (κ3) is 3.59. The summed E-state index contributed by atoms with van der Waals surface area (Å²) in [6.07, 6.45) is 1.44. The summed E-state index contributed by atoms with van der Waals surface area (Å²) in [6, 6.07) is 6.28. The number of rotatable bonds is 5. The van der Waals surface area contributed by atoms with Crippen LogP contribution >= 0.6 is 0 Å². The molecule has 122 valence electrons. The number of nitrogens with zero attached hydrogens (tertiary/aromatic N) is 1. The average molecular weight is 325 g/mol. The van der Waals surface area contributed by atoms with Gasteiger partial charge >= 0.3 is 0 Å². The van der Waals surface area contributed by atoms with Crippen LogP contribution in [0.4, 0.5) is 11.4 Å². The van der Waals surface area contributed by atoms with Crippen molar-refractivity contribution in [3.63, 3.8) is 0 Å². The van der Waals surface area contributed by atoms with Crippen LogP contribution in [-0.2, 0) is 14.8 Å². The summed E-state index contributed by atoms with van der Waals surface area (Å²) in [5.74, 6) is 0.000531. The molecule has 0 saturated carbocycles. The van der Waals surface area contributed by atoms with E-state index in [0.29, 0.717) is 24.3 Å². The number of nitrogens with one attached hydrogen (secondary N) is 1. The SMILES string of the molecule is CCC(C)[C@H](N)C(=O)Nc1cccc(N2CCCS2(=O)=O)c1. The number of amides is 1. The summed E-state index contributed by atoms with van der Waals surface area (Å²) in [6.45, 7) is 4.39. The molecule has 0 spiro atoms. The van der Waals surface area contributed by atoms with Gasteiger partial charge in [-0.3, -0.25) is 9.10 Å². The first kappa shape index (κ1) is 16.8. The molecule has 6 nitrogen and oxygen atoms in total. The largest absolute Gasteiger partial charge is 0.325 e. The molecule has 0 aromatic heterocycles. The van der Waals surface area contributed by atoms with Crippen molar-refractivity contribution in [2.75, 3.05) is 21.9 Å². The van der Waals surface area contributed by atoms with Crippen LogP contribution < -0.4 is 15.4 Å². The number of carbonyl (C=O) groups is 1. The minimum atomic E-state index is -3.22. The third-order valence-electron chi connectivity index (χ3n) is 4.06. The molecular formula is C15H23N3O3S. The molecule has 3 N–H and O–H groups in total. The zero-order valence-corrected chi connectivity index (χ0v) is 13.8. The van der Waals surface area contributed by atoms with E-state index in [1.165, 1.54) is 4.31 Å². The molecular weight excluding hydrogens is 302 g/mol. The van der Waals surface area contributed by atoms with Gasteiger partial charge in [-0.05, 0) is 30.5 Å². The quantitative estimate of drug-likeness (QED) is 0.859. The van der Waals surface area contributed by atoms with Crippen LogP contribution in [0.3, 0.4) is 0 Å². The maximum absolute atomic E-state index is 12.1. The second-order valence-corrected chi connectivity index (χ2v) is 7.71.